The summed E-state index contributed by atoms with van der Waals surface area (Å²) in [4.78, 5) is 12.0. The zero-order chi connectivity index (χ0) is 14.7. The summed E-state index contributed by atoms with van der Waals surface area (Å²) >= 11 is 0. The normalized spacial score (nSPS) is 10.0. The molecule has 3 nitrogen and oxygen atoms in total. The third kappa shape index (κ3) is 3.70. The number of carbonyl (C=O) groups is 1. The average molecular weight is 313 g/mol. The van der Waals surface area contributed by atoms with E-state index in [1.807, 2.05) is 57.2 Å². The van der Waals surface area contributed by atoms with E-state index in [1.165, 1.54) is 0 Å². The van der Waals surface area contributed by atoms with Crippen molar-refractivity contribution < 1.29 is 16.7 Å². The van der Waals surface area contributed by atoms with Crippen LogP contribution in [0.1, 0.15) is 29.9 Å². The van der Waals surface area contributed by atoms with Gasteiger partial charge in [0.15, 0.2) is 0 Å². The standard InChI is InChI=1S/C16H15O3P.Mg.2H/c1-10-9-11(2)15(16(17)19-20-18)12(3)14(10)13-7-5-4-6-8-13;;;/h4-9H,1-3H3;;;/q;+2;2*-1. The smallest absolute Gasteiger partial charge is 1.00 e. The van der Waals surface area contributed by atoms with Gasteiger partial charge in [-0.05, 0) is 48.6 Å². The van der Waals surface area contributed by atoms with Gasteiger partial charge in [-0.3, -0.25) is 0 Å². The average Bonchev–Trinajstić information content (AvgIpc) is 2.39. The molecule has 0 unspecified atom stereocenters. The van der Waals surface area contributed by atoms with Crippen molar-refractivity contribution in [2.45, 2.75) is 20.8 Å². The molecule has 0 atom stereocenters. The van der Waals surface area contributed by atoms with Crippen LogP contribution in [0.25, 0.3) is 11.1 Å². The summed E-state index contributed by atoms with van der Waals surface area (Å²) in [6, 6.07) is 11.8. The van der Waals surface area contributed by atoms with E-state index in [4.69, 9.17) is 0 Å². The summed E-state index contributed by atoms with van der Waals surface area (Å²) < 4.78 is 15.1. The first-order chi connectivity index (χ1) is 9.56. The Morgan fingerprint density at radius 3 is 2.29 bits per heavy atom. The van der Waals surface area contributed by atoms with E-state index < -0.39 is 14.7 Å². The van der Waals surface area contributed by atoms with E-state index in [2.05, 4.69) is 4.52 Å². The molecule has 0 aromatic heterocycles. The molecule has 0 saturated carbocycles. The topological polar surface area (TPSA) is 43.4 Å². The minimum Gasteiger partial charge on any atom is -1.00 e. The fourth-order valence-corrected chi connectivity index (χ4v) is 2.79. The summed E-state index contributed by atoms with van der Waals surface area (Å²) in [7, 11) is -0.627. The minimum atomic E-state index is -0.627. The number of hydrogen-bond acceptors (Lipinski definition) is 3. The molecule has 0 N–H and O–H groups in total. The van der Waals surface area contributed by atoms with Gasteiger partial charge in [0.1, 0.15) is 0 Å². The maximum absolute atomic E-state index is 12.0. The second-order valence-corrected chi connectivity index (χ2v) is 5.04. The predicted molar refractivity (Wildman–Crippen MR) is 87.1 cm³/mol. The van der Waals surface area contributed by atoms with Crippen molar-refractivity contribution in [2.24, 2.45) is 0 Å². The molecule has 2 aromatic carbocycles. The molecular formula is C16H17MgO3P. The number of aryl methyl sites for hydroxylation is 2. The van der Waals surface area contributed by atoms with Crippen LogP contribution in [0.3, 0.4) is 0 Å². The number of rotatable bonds is 3. The van der Waals surface area contributed by atoms with Crippen LogP contribution >= 0.6 is 8.69 Å². The second kappa shape index (κ2) is 7.69. The van der Waals surface area contributed by atoms with Crippen molar-refractivity contribution in [3.63, 3.8) is 0 Å². The van der Waals surface area contributed by atoms with Crippen LogP contribution < -0.4 is 0 Å². The first-order valence-electron chi connectivity index (χ1n) is 6.26. The molecule has 0 radical (unpaired) electrons. The van der Waals surface area contributed by atoms with Gasteiger partial charge < -0.3 is 7.38 Å². The van der Waals surface area contributed by atoms with E-state index in [0.717, 1.165) is 27.8 Å². The van der Waals surface area contributed by atoms with Crippen LogP contribution in [0.4, 0.5) is 0 Å². The SMILES string of the molecule is Cc1cc(C)c(-c2ccccc2)c(C)c1C(=O)OP=O.[H-].[H-].[Mg+2]. The monoisotopic (exact) mass is 312 g/mol. The summed E-state index contributed by atoms with van der Waals surface area (Å²) in [6.07, 6.45) is 0. The Bertz CT molecular complexity index is 679. The maximum atomic E-state index is 12.0. The van der Waals surface area contributed by atoms with E-state index in [0.29, 0.717) is 5.56 Å². The summed E-state index contributed by atoms with van der Waals surface area (Å²) in [5.74, 6) is -0.561. The van der Waals surface area contributed by atoms with Crippen LogP contribution in [0, 0.1) is 20.8 Å². The number of carbonyl (C=O) groups excluding carboxylic acids is 1. The van der Waals surface area contributed by atoms with Gasteiger partial charge in [-0.25, -0.2) is 9.36 Å². The minimum absolute atomic E-state index is 0. The van der Waals surface area contributed by atoms with Gasteiger partial charge >= 0.3 is 37.7 Å². The Morgan fingerprint density at radius 1 is 1.10 bits per heavy atom. The van der Waals surface area contributed by atoms with Crippen LogP contribution in [0.5, 0.6) is 0 Å². The van der Waals surface area contributed by atoms with E-state index >= 15 is 0 Å². The molecule has 5 heteroatoms. The van der Waals surface area contributed by atoms with Gasteiger partial charge in [-0.2, -0.15) is 0 Å². The van der Waals surface area contributed by atoms with Crippen molar-refractivity contribution in [1.82, 2.24) is 0 Å². The molecule has 0 aliphatic carbocycles. The molecular weight excluding hydrogens is 295 g/mol. The van der Waals surface area contributed by atoms with E-state index in [9.17, 15) is 9.36 Å². The van der Waals surface area contributed by atoms with Crippen LogP contribution in [-0.2, 0) is 9.09 Å². The van der Waals surface area contributed by atoms with E-state index in [-0.39, 0.29) is 25.9 Å². The Balaban J connectivity index is 0. The van der Waals surface area contributed by atoms with Gasteiger partial charge in [0, 0.05) is 0 Å². The molecule has 0 heterocycles. The van der Waals surface area contributed by atoms with Gasteiger partial charge in [-0.15, -0.1) is 0 Å². The fourth-order valence-electron chi connectivity index (χ4n) is 2.63. The molecule has 0 spiro atoms. The maximum Gasteiger partial charge on any atom is 2.00 e. The van der Waals surface area contributed by atoms with E-state index in [1.54, 1.807) is 0 Å². The molecule has 21 heavy (non-hydrogen) atoms. The summed E-state index contributed by atoms with van der Waals surface area (Å²) in [5.41, 5.74) is 5.33. The quantitative estimate of drug-likeness (QED) is 0.619. The second-order valence-electron chi connectivity index (χ2n) is 4.70. The number of benzene rings is 2. The predicted octanol–water partition coefficient (Wildman–Crippen LogP) is 4.49. The van der Waals surface area contributed by atoms with Crippen molar-refractivity contribution >= 4 is 37.7 Å². The Kier molecular flexibility index (Phi) is 6.53. The molecule has 106 valence electrons. The Labute approximate surface area is 145 Å². The zero-order valence-corrected chi connectivity index (χ0v) is 14.7. The fraction of sp³-hybridized carbons (Fsp3) is 0.188. The molecule has 0 saturated heterocycles. The van der Waals surface area contributed by atoms with Gasteiger partial charge in [0.2, 0.25) is 0 Å². The Morgan fingerprint density at radius 2 is 1.71 bits per heavy atom. The van der Waals surface area contributed by atoms with Crippen LogP contribution in [0.2, 0.25) is 0 Å². The van der Waals surface area contributed by atoms with Gasteiger partial charge in [0.05, 0.1) is 5.56 Å². The molecule has 0 aliphatic rings. The molecule has 0 fully saturated rings. The van der Waals surface area contributed by atoms with Gasteiger partial charge in [-0.1, -0.05) is 36.4 Å². The molecule has 0 bridgehead atoms. The molecule has 2 aromatic rings. The summed E-state index contributed by atoms with van der Waals surface area (Å²) in [5, 5.41) is 0. The van der Waals surface area contributed by atoms with Crippen LogP contribution in [-0.4, -0.2) is 29.0 Å². The molecule has 0 aliphatic heterocycles. The Hall–Kier alpha value is -1.22. The van der Waals surface area contributed by atoms with Gasteiger partial charge in [0.25, 0.3) is 0 Å². The third-order valence-corrected chi connectivity index (χ3v) is 3.60. The summed E-state index contributed by atoms with van der Waals surface area (Å²) in [6.45, 7) is 5.76. The van der Waals surface area contributed by atoms with Crippen LogP contribution in [0.15, 0.2) is 36.4 Å². The van der Waals surface area contributed by atoms with Crippen molar-refractivity contribution in [2.75, 3.05) is 0 Å². The first kappa shape index (κ1) is 17.8. The first-order valence-corrected chi connectivity index (χ1v) is 6.99. The molecule has 0 amide bonds. The van der Waals surface area contributed by atoms with Crippen molar-refractivity contribution in [1.29, 1.82) is 0 Å². The van der Waals surface area contributed by atoms with Crippen molar-refractivity contribution in [3.8, 4) is 11.1 Å². The largest absolute Gasteiger partial charge is 2.00 e. The zero-order valence-electron chi connectivity index (χ0n) is 14.3. The van der Waals surface area contributed by atoms with Crippen molar-refractivity contribution in [3.05, 3.63) is 58.7 Å². The third-order valence-electron chi connectivity index (χ3n) is 3.36. The molecule has 2 rings (SSSR count). The number of hydrogen-bond donors (Lipinski definition) is 0.